The van der Waals surface area contributed by atoms with Gasteiger partial charge in [-0.15, -0.1) is 0 Å². The molecule has 13 heteroatoms. The number of imidazole rings is 1. The first-order valence-corrected chi connectivity index (χ1v) is 9.50. The van der Waals surface area contributed by atoms with Gasteiger partial charge in [0.05, 0.1) is 18.8 Å². The van der Waals surface area contributed by atoms with Crippen LogP contribution in [0.2, 0.25) is 0 Å². The van der Waals surface area contributed by atoms with E-state index in [1.54, 1.807) is 13.8 Å². The van der Waals surface area contributed by atoms with E-state index in [0.717, 1.165) is 0 Å². The molecule has 8 N–H and O–H groups in total. The summed E-state index contributed by atoms with van der Waals surface area (Å²) in [4.78, 5) is 65.7. The summed E-state index contributed by atoms with van der Waals surface area (Å²) in [7, 11) is 0. The van der Waals surface area contributed by atoms with Crippen LogP contribution in [0.4, 0.5) is 0 Å². The average molecular weight is 440 g/mol. The number of aromatic nitrogens is 2. The number of nitrogens with two attached hydrogens (primary N) is 1. The molecule has 0 fully saturated rings. The van der Waals surface area contributed by atoms with Gasteiger partial charge in [-0.3, -0.25) is 19.2 Å². The minimum absolute atomic E-state index is 0.178. The average Bonchev–Trinajstić information content (AvgIpc) is 3.17. The van der Waals surface area contributed by atoms with E-state index >= 15 is 0 Å². The van der Waals surface area contributed by atoms with Crippen molar-refractivity contribution >= 4 is 29.7 Å². The third kappa shape index (κ3) is 8.42. The van der Waals surface area contributed by atoms with Gasteiger partial charge in [-0.05, 0) is 12.8 Å². The zero-order valence-corrected chi connectivity index (χ0v) is 17.4. The summed E-state index contributed by atoms with van der Waals surface area (Å²) in [5.41, 5.74) is 6.46. The minimum Gasteiger partial charge on any atom is -0.481 e. The fourth-order valence-electron chi connectivity index (χ4n) is 2.56. The molecule has 3 amide bonds. The normalized spacial score (nSPS) is 14.7. The second-order valence-electron chi connectivity index (χ2n) is 7.35. The fraction of sp³-hybridized carbons (Fsp3) is 0.556. The van der Waals surface area contributed by atoms with E-state index in [1.165, 1.54) is 19.4 Å². The standard InChI is InChI=1S/C18H28N6O7/c1-8(2)14(17(29)23-12(18(30)31)5-13(25)26)24-15(27)9(3)22-16(28)11(19)4-10-6-20-7-21-10/h6-9,11-12,14H,4-5,19H2,1-3H3,(H,20,21)(H,22,28)(H,23,29)(H,24,27)(H,25,26)(H,30,31). The zero-order chi connectivity index (χ0) is 23.7. The Morgan fingerprint density at radius 3 is 2.16 bits per heavy atom. The third-order valence-corrected chi connectivity index (χ3v) is 4.32. The third-order valence-electron chi connectivity index (χ3n) is 4.32. The van der Waals surface area contributed by atoms with Crippen LogP contribution in [0.5, 0.6) is 0 Å². The molecule has 0 saturated carbocycles. The summed E-state index contributed by atoms with van der Waals surface area (Å²) in [6.45, 7) is 4.62. The van der Waals surface area contributed by atoms with Crippen LogP contribution >= 0.6 is 0 Å². The van der Waals surface area contributed by atoms with Crippen LogP contribution in [0.25, 0.3) is 0 Å². The number of hydrogen-bond acceptors (Lipinski definition) is 7. The first kappa shape index (κ1) is 25.6. The number of rotatable bonds is 12. The smallest absolute Gasteiger partial charge is 0.326 e. The number of carboxylic acids is 2. The molecule has 13 nitrogen and oxygen atoms in total. The molecule has 0 saturated heterocycles. The highest BCUT2D eigenvalue weighted by Crippen LogP contribution is 2.05. The van der Waals surface area contributed by atoms with E-state index in [9.17, 15) is 24.0 Å². The van der Waals surface area contributed by atoms with E-state index in [-0.39, 0.29) is 6.42 Å². The van der Waals surface area contributed by atoms with Gasteiger partial charge in [0.1, 0.15) is 18.1 Å². The van der Waals surface area contributed by atoms with Crippen molar-refractivity contribution in [2.24, 2.45) is 11.7 Å². The Morgan fingerprint density at radius 1 is 1.03 bits per heavy atom. The van der Waals surface area contributed by atoms with Crippen LogP contribution in [0, 0.1) is 5.92 Å². The highest BCUT2D eigenvalue weighted by molar-refractivity contribution is 5.94. The van der Waals surface area contributed by atoms with Gasteiger partial charge >= 0.3 is 11.9 Å². The first-order chi connectivity index (χ1) is 14.4. The van der Waals surface area contributed by atoms with Crippen molar-refractivity contribution in [3.05, 3.63) is 18.2 Å². The molecule has 1 rings (SSSR count). The van der Waals surface area contributed by atoms with Crippen LogP contribution in [0.1, 0.15) is 32.9 Å². The molecule has 4 unspecified atom stereocenters. The van der Waals surface area contributed by atoms with Crippen molar-refractivity contribution in [3.63, 3.8) is 0 Å². The van der Waals surface area contributed by atoms with Crippen molar-refractivity contribution in [3.8, 4) is 0 Å². The van der Waals surface area contributed by atoms with Crippen LogP contribution in [0.15, 0.2) is 12.5 Å². The molecule has 0 aromatic carbocycles. The quantitative estimate of drug-likeness (QED) is 0.190. The lowest BCUT2D eigenvalue weighted by Crippen LogP contribution is -2.58. The maximum Gasteiger partial charge on any atom is 0.326 e. The predicted molar refractivity (Wildman–Crippen MR) is 106 cm³/mol. The molecule has 0 aliphatic heterocycles. The van der Waals surface area contributed by atoms with Crippen molar-refractivity contribution in [1.29, 1.82) is 0 Å². The van der Waals surface area contributed by atoms with Gasteiger partial charge in [-0.25, -0.2) is 9.78 Å². The number of H-pyrrole nitrogens is 1. The Kier molecular flexibility index (Phi) is 9.60. The van der Waals surface area contributed by atoms with E-state index in [2.05, 4.69) is 25.9 Å². The lowest BCUT2D eigenvalue weighted by Gasteiger charge is -2.25. The Hall–Kier alpha value is -3.48. The predicted octanol–water partition coefficient (Wildman–Crippen LogP) is -2.03. The summed E-state index contributed by atoms with van der Waals surface area (Å²) in [6.07, 6.45) is 2.32. The van der Waals surface area contributed by atoms with Crippen LogP contribution < -0.4 is 21.7 Å². The van der Waals surface area contributed by atoms with Gasteiger partial charge in [-0.2, -0.15) is 0 Å². The number of carbonyl (C=O) groups excluding carboxylic acids is 3. The number of carbonyl (C=O) groups is 5. The van der Waals surface area contributed by atoms with Gasteiger partial charge in [0.25, 0.3) is 0 Å². The molecule has 1 aromatic rings. The molecule has 1 heterocycles. The molecular weight excluding hydrogens is 412 g/mol. The van der Waals surface area contributed by atoms with E-state index in [4.69, 9.17) is 15.9 Å². The number of amides is 3. The minimum atomic E-state index is -1.65. The number of nitrogens with one attached hydrogen (secondary N) is 4. The van der Waals surface area contributed by atoms with Crippen molar-refractivity contribution in [2.45, 2.75) is 57.8 Å². The molecule has 1 aromatic heterocycles. The van der Waals surface area contributed by atoms with Gasteiger partial charge in [0.15, 0.2) is 0 Å². The maximum atomic E-state index is 12.5. The number of aliphatic carboxylic acids is 2. The second kappa shape index (κ2) is 11.6. The second-order valence-corrected chi connectivity index (χ2v) is 7.35. The molecule has 0 aliphatic carbocycles. The van der Waals surface area contributed by atoms with E-state index in [0.29, 0.717) is 5.69 Å². The molecule has 0 aliphatic rings. The van der Waals surface area contributed by atoms with E-state index in [1.807, 2.05) is 0 Å². The zero-order valence-electron chi connectivity index (χ0n) is 17.4. The summed E-state index contributed by atoms with van der Waals surface area (Å²) < 4.78 is 0. The van der Waals surface area contributed by atoms with Crippen LogP contribution in [-0.2, 0) is 30.4 Å². The fourth-order valence-corrected chi connectivity index (χ4v) is 2.56. The molecular formula is C18H28N6O7. The molecule has 31 heavy (non-hydrogen) atoms. The van der Waals surface area contributed by atoms with Gasteiger partial charge in [0.2, 0.25) is 17.7 Å². The monoisotopic (exact) mass is 440 g/mol. The Morgan fingerprint density at radius 2 is 1.68 bits per heavy atom. The first-order valence-electron chi connectivity index (χ1n) is 9.50. The number of hydrogen-bond donors (Lipinski definition) is 7. The van der Waals surface area contributed by atoms with Gasteiger partial charge in [-0.1, -0.05) is 13.8 Å². The lowest BCUT2D eigenvalue weighted by atomic mass is 10.0. The number of nitrogens with zero attached hydrogens (tertiary/aromatic N) is 1. The van der Waals surface area contributed by atoms with Crippen LogP contribution in [-0.4, -0.2) is 74.0 Å². The summed E-state index contributed by atoms with van der Waals surface area (Å²) in [6, 6.07) is -4.78. The molecule has 0 radical (unpaired) electrons. The summed E-state index contributed by atoms with van der Waals surface area (Å²) in [5, 5.41) is 24.8. The molecule has 0 bridgehead atoms. The molecule has 0 spiro atoms. The lowest BCUT2D eigenvalue weighted by molar-refractivity contribution is -0.147. The number of carboxylic acid groups (broad SMARTS) is 2. The largest absolute Gasteiger partial charge is 0.481 e. The van der Waals surface area contributed by atoms with Gasteiger partial charge < -0.3 is 36.9 Å². The van der Waals surface area contributed by atoms with Gasteiger partial charge in [0, 0.05) is 18.3 Å². The Labute approximate surface area is 178 Å². The topological polar surface area (TPSA) is 217 Å². The summed E-state index contributed by atoms with van der Waals surface area (Å²) >= 11 is 0. The highest BCUT2D eigenvalue weighted by Gasteiger charge is 2.31. The molecule has 172 valence electrons. The Balaban J connectivity index is 2.70. The highest BCUT2D eigenvalue weighted by atomic mass is 16.4. The maximum absolute atomic E-state index is 12.5. The SMILES string of the molecule is CC(NC(=O)C(N)Cc1cnc[nH]1)C(=O)NC(C(=O)NC(CC(=O)O)C(=O)O)C(C)C. The molecule has 4 atom stereocenters. The summed E-state index contributed by atoms with van der Waals surface area (Å²) in [5.74, 6) is -5.51. The van der Waals surface area contributed by atoms with Crippen molar-refractivity contribution in [1.82, 2.24) is 25.9 Å². The van der Waals surface area contributed by atoms with E-state index < -0.39 is 66.2 Å². The Bertz CT molecular complexity index is 795. The van der Waals surface area contributed by atoms with Crippen LogP contribution in [0.3, 0.4) is 0 Å². The van der Waals surface area contributed by atoms with Crippen molar-refractivity contribution in [2.75, 3.05) is 0 Å². The van der Waals surface area contributed by atoms with Crippen molar-refractivity contribution < 1.29 is 34.2 Å². The number of aromatic amines is 1.